The second-order valence-corrected chi connectivity index (χ2v) is 6.27. The molecule has 1 aromatic carbocycles. The molecule has 124 valence electrons. The maximum absolute atomic E-state index is 12.5. The minimum absolute atomic E-state index is 0.0571. The van der Waals surface area contributed by atoms with Gasteiger partial charge in [0.1, 0.15) is 5.75 Å². The number of anilines is 1. The molecule has 2 heterocycles. The number of para-hydroxylation sites is 2. The van der Waals surface area contributed by atoms with Crippen molar-refractivity contribution in [2.24, 2.45) is 5.92 Å². The molecule has 3 amide bonds. The molecular weight excluding hydrogens is 294 g/mol. The zero-order chi connectivity index (χ0) is 16.2. The Morgan fingerprint density at radius 3 is 2.48 bits per heavy atom. The maximum atomic E-state index is 12.5. The van der Waals surface area contributed by atoms with Crippen molar-refractivity contribution in [3.05, 3.63) is 24.3 Å². The number of carbonyl (C=O) groups is 2. The highest BCUT2D eigenvalue weighted by Gasteiger charge is 2.31. The minimum Gasteiger partial charge on any atom is -0.506 e. The highest BCUT2D eigenvalue weighted by molar-refractivity contribution is 5.94. The van der Waals surface area contributed by atoms with Crippen molar-refractivity contribution in [3.63, 3.8) is 0 Å². The van der Waals surface area contributed by atoms with Gasteiger partial charge in [-0.25, -0.2) is 4.79 Å². The molecule has 2 saturated heterocycles. The number of piperidine rings is 1. The van der Waals surface area contributed by atoms with Gasteiger partial charge in [0.2, 0.25) is 5.91 Å². The van der Waals surface area contributed by atoms with Crippen molar-refractivity contribution in [2.75, 3.05) is 31.5 Å². The van der Waals surface area contributed by atoms with Crippen molar-refractivity contribution in [2.45, 2.75) is 25.7 Å². The van der Waals surface area contributed by atoms with Gasteiger partial charge in [-0.05, 0) is 37.8 Å². The number of carbonyl (C=O) groups excluding carboxylic acids is 2. The van der Waals surface area contributed by atoms with Crippen LogP contribution in [0, 0.1) is 5.92 Å². The van der Waals surface area contributed by atoms with Crippen LogP contribution in [0.3, 0.4) is 0 Å². The minimum atomic E-state index is -0.227. The van der Waals surface area contributed by atoms with Gasteiger partial charge in [-0.3, -0.25) is 4.79 Å². The summed E-state index contributed by atoms with van der Waals surface area (Å²) in [4.78, 5) is 28.6. The molecule has 1 atom stereocenters. The number of phenols is 1. The van der Waals surface area contributed by atoms with Crippen molar-refractivity contribution in [1.82, 2.24) is 9.80 Å². The van der Waals surface area contributed by atoms with Crippen LogP contribution in [0.2, 0.25) is 0 Å². The average Bonchev–Trinajstić information content (AvgIpc) is 3.11. The molecular formula is C17H23N3O3. The average molecular weight is 317 g/mol. The van der Waals surface area contributed by atoms with E-state index in [1.807, 2.05) is 4.90 Å². The summed E-state index contributed by atoms with van der Waals surface area (Å²) in [5, 5.41) is 12.5. The number of likely N-dealkylation sites (tertiary alicyclic amines) is 2. The van der Waals surface area contributed by atoms with Gasteiger partial charge >= 0.3 is 6.03 Å². The Morgan fingerprint density at radius 2 is 1.74 bits per heavy atom. The molecule has 0 radical (unpaired) electrons. The molecule has 6 heteroatoms. The van der Waals surface area contributed by atoms with Crippen molar-refractivity contribution in [3.8, 4) is 5.75 Å². The van der Waals surface area contributed by atoms with Crippen LogP contribution < -0.4 is 5.32 Å². The summed E-state index contributed by atoms with van der Waals surface area (Å²) < 4.78 is 0. The van der Waals surface area contributed by atoms with Crippen molar-refractivity contribution in [1.29, 1.82) is 0 Å². The van der Waals surface area contributed by atoms with Crippen LogP contribution in [0.1, 0.15) is 25.7 Å². The topological polar surface area (TPSA) is 72.9 Å². The number of benzene rings is 1. The summed E-state index contributed by atoms with van der Waals surface area (Å²) in [5.74, 6) is -0.304. The lowest BCUT2D eigenvalue weighted by Crippen LogP contribution is -2.48. The lowest BCUT2D eigenvalue weighted by molar-refractivity contribution is -0.121. The lowest BCUT2D eigenvalue weighted by Gasteiger charge is -2.34. The molecule has 2 N–H and O–H groups in total. The molecule has 0 saturated carbocycles. The van der Waals surface area contributed by atoms with Crippen LogP contribution in [0.25, 0.3) is 0 Å². The number of amides is 3. The van der Waals surface area contributed by atoms with Gasteiger partial charge in [-0.1, -0.05) is 12.1 Å². The number of hydrogen-bond acceptors (Lipinski definition) is 3. The first-order valence-electron chi connectivity index (χ1n) is 8.28. The normalized spacial score (nSPS) is 21.3. The molecule has 2 fully saturated rings. The Balaban J connectivity index is 1.60. The van der Waals surface area contributed by atoms with Gasteiger partial charge < -0.3 is 20.2 Å². The van der Waals surface area contributed by atoms with Gasteiger partial charge in [-0.2, -0.15) is 0 Å². The number of phenolic OH excluding ortho intramolecular Hbond substituents is 1. The van der Waals surface area contributed by atoms with Crippen molar-refractivity contribution >= 4 is 17.6 Å². The Bertz CT molecular complexity index is 584. The van der Waals surface area contributed by atoms with E-state index >= 15 is 0 Å². The fourth-order valence-corrected chi connectivity index (χ4v) is 3.29. The van der Waals surface area contributed by atoms with E-state index in [1.165, 1.54) is 0 Å². The summed E-state index contributed by atoms with van der Waals surface area (Å²) in [5.41, 5.74) is 0.417. The molecule has 0 aromatic heterocycles. The SMILES string of the molecule is O=C(Nc1ccccc1O)[C@H]1CCCN(C(=O)N2CCCC2)C1. The van der Waals surface area contributed by atoms with E-state index < -0.39 is 0 Å². The number of nitrogens with zero attached hydrogens (tertiary/aromatic N) is 2. The van der Waals surface area contributed by atoms with Crippen LogP contribution in [-0.2, 0) is 4.79 Å². The second-order valence-electron chi connectivity index (χ2n) is 6.27. The summed E-state index contributed by atoms with van der Waals surface area (Å²) >= 11 is 0. The third-order valence-electron chi connectivity index (χ3n) is 4.60. The molecule has 6 nitrogen and oxygen atoms in total. The zero-order valence-electron chi connectivity index (χ0n) is 13.2. The highest BCUT2D eigenvalue weighted by Crippen LogP contribution is 2.25. The Labute approximate surface area is 136 Å². The van der Waals surface area contributed by atoms with Crippen LogP contribution in [-0.4, -0.2) is 53.0 Å². The molecule has 23 heavy (non-hydrogen) atoms. The summed E-state index contributed by atoms with van der Waals surface area (Å²) in [6, 6.07) is 6.74. The quantitative estimate of drug-likeness (QED) is 0.822. The van der Waals surface area contributed by atoms with E-state index in [0.29, 0.717) is 12.2 Å². The fraction of sp³-hybridized carbons (Fsp3) is 0.529. The van der Waals surface area contributed by atoms with E-state index in [9.17, 15) is 14.7 Å². The van der Waals surface area contributed by atoms with Gasteiger partial charge in [-0.15, -0.1) is 0 Å². The molecule has 0 aliphatic carbocycles. The number of urea groups is 1. The maximum Gasteiger partial charge on any atom is 0.320 e. The van der Waals surface area contributed by atoms with E-state index in [-0.39, 0.29) is 23.6 Å². The highest BCUT2D eigenvalue weighted by atomic mass is 16.3. The van der Waals surface area contributed by atoms with E-state index in [1.54, 1.807) is 29.2 Å². The monoisotopic (exact) mass is 317 g/mol. The van der Waals surface area contributed by atoms with Crippen LogP contribution in [0.15, 0.2) is 24.3 Å². The van der Waals surface area contributed by atoms with Gasteiger partial charge in [0, 0.05) is 26.2 Å². The van der Waals surface area contributed by atoms with E-state index in [0.717, 1.165) is 45.3 Å². The lowest BCUT2D eigenvalue weighted by atomic mass is 9.97. The number of aromatic hydroxyl groups is 1. The van der Waals surface area contributed by atoms with Gasteiger partial charge in [0.25, 0.3) is 0 Å². The van der Waals surface area contributed by atoms with Crippen LogP contribution in [0.5, 0.6) is 5.75 Å². The predicted octanol–water partition coefficient (Wildman–Crippen LogP) is 2.26. The first kappa shape index (κ1) is 15.6. The third-order valence-corrected chi connectivity index (χ3v) is 4.60. The smallest absolute Gasteiger partial charge is 0.320 e. The number of nitrogens with one attached hydrogen (secondary N) is 1. The second kappa shape index (κ2) is 6.89. The van der Waals surface area contributed by atoms with Gasteiger partial charge in [0.15, 0.2) is 0 Å². The van der Waals surface area contributed by atoms with E-state index in [2.05, 4.69) is 5.32 Å². The molecule has 0 bridgehead atoms. The molecule has 2 aliphatic heterocycles. The fourth-order valence-electron chi connectivity index (χ4n) is 3.29. The first-order chi connectivity index (χ1) is 11.1. The Kier molecular flexibility index (Phi) is 4.69. The van der Waals surface area contributed by atoms with Crippen LogP contribution >= 0.6 is 0 Å². The van der Waals surface area contributed by atoms with Crippen molar-refractivity contribution < 1.29 is 14.7 Å². The zero-order valence-corrected chi connectivity index (χ0v) is 13.2. The summed E-state index contributed by atoms with van der Waals surface area (Å²) in [6.07, 6.45) is 3.73. The molecule has 3 rings (SSSR count). The molecule has 2 aliphatic rings. The Morgan fingerprint density at radius 1 is 1.04 bits per heavy atom. The number of rotatable bonds is 2. The Hall–Kier alpha value is -2.24. The molecule has 0 unspecified atom stereocenters. The number of hydrogen-bond donors (Lipinski definition) is 2. The first-order valence-corrected chi connectivity index (χ1v) is 8.28. The standard InChI is InChI=1S/C17H23N3O3/c21-15-8-2-1-7-14(15)18-16(22)13-6-5-11-20(12-13)17(23)19-9-3-4-10-19/h1-2,7-8,13,21H,3-6,9-12H2,(H,18,22)/t13-/m0/s1. The van der Waals surface area contributed by atoms with E-state index in [4.69, 9.17) is 0 Å². The largest absolute Gasteiger partial charge is 0.506 e. The van der Waals surface area contributed by atoms with Gasteiger partial charge in [0.05, 0.1) is 11.6 Å². The molecule has 0 spiro atoms. The summed E-state index contributed by atoms with van der Waals surface area (Å²) in [6.45, 7) is 2.82. The summed E-state index contributed by atoms with van der Waals surface area (Å²) in [7, 11) is 0. The van der Waals surface area contributed by atoms with Crippen LogP contribution in [0.4, 0.5) is 10.5 Å². The molecule has 1 aromatic rings. The third kappa shape index (κ3) is 3.57. The predicted molar refractivity (Wildman–Crippen MR) is 87.2 cm³/mol.